The molecule has 49 nitrogen and oxygen atoms in total. The highest BCUT2D eigenvalue weighted by molar-refractivity contribution is 6.00. The number of hydrogen-bond acceptors (Lipinski definition) is 24. The topological polar surface area (TPSA) is 842 Å². The zero-order valence-electron chi connectivity index (χ0n) is 60.7. The molecule has 0 aromatic heterocycles. The third-order valence-electron chi connectivity index (χ3n) is 15.6. The van der Waals surface area contributed by atoms with Crippen LogP contribution in [0.25, 0.3) is 0 Å². The Morgan fingerprint density at radius 1 is 0.378 bits per heavy atom. The third-order valence-corrected chi connectivity index (χ3v) is 15.6. The molecule has 13 amide bonds. The van der Waals surface area contributed by atoms with Crippen LogP contribution in [0.1, 0.15) is 96.5 Å². The first-order valence-electron chi connectivity index (χ1n) is 34.3. The highest BCUT2D eigenvalue weighted by atomic mass is 16.4. The fourth-order valence-corrected chi connectivity index (χ4v) is 9.67. The number of guanidine groups is 4. The van der Waals surface area contributed by atoms with E-state index in [1.165, 1.54) is 31.2 Å². The Balaban J connectivity index is 3.45. The second-order valence-electron chi connectivity index (χ2n) is 24.7. The lowest BCUT2D eigenvalue weighted by Crippen LogP contribution is -2.60. The highest BCUT2D eigenvalue weighted by Gasteiger charge is 2.36. The van der Waals surface area contributed by atoms with E-state index in [1.54, 1.807) is 6.92 Å². The maximum atomic E-state index is 14.4. The number of amides is 13. The van der Waals surface area contributed by atoms with E-state index < -0.39 is 243 Å². The van der Waals surface area contributed by atoms with Gasteiger partial charge in [0.1, 0.15) is 60.1 Å². The number of rotatable bonds is 54. The van der Waals surface area contributed by atoms with Gasteiger partial charge in [0.2, 0.25) is 76.8 Å². The van der Waals surface area contributed by atoms with Gasteiger partial charge >= 0.3 is 23.9 Å². The predicted molar refractivity (Wildman–Crippen MR) is 387 cm³/mol. The molecule has 0 aliphatic carbocycles. The standard InChI is InChI=1S/C62H102N26O23/c1-3-29(2)48(57(109)79-27-44(94)83-40(28-89)56(108)86-35(11-7-19-75-62(70)71)52(104)84-33(9-5-17-73-60(66)67)50(102)78-26-43(93)82-39(58(110)111)23-47(99)100)88-55(107)36(20-30-12-14-31(90)15-13-30)87-54(106)38(22-46(97)98)81-42(92)25-77-51(103)34(10-6-18-74-61(68)69)85-53(105)37(21-45(95)96)80-41(91)24-76-49(101)32(63)8-4-16-72-59(64)65/h12-15,29,32-40,48,89-90H,3-11,16-28,63H2,1-2H3,(H,76,101)(H,77,103)(H,78,102)(H,79,109)(H,80,91)(H,81,92)(H,82,93)(H,83,94)(H,84,104)(H,85,105)(H,86,108)(H,87,106)(H,88,107)(H,95,96)(H,97,98)(H,99,100)(H,110,111)(H4,64,65,72)(H4,66,67,73)(H4,68,69,74)(H4,70,71,75)/t29-,32-,33-,34-,35-,36-,37-,38-,39-,40-,48-/m0/s1. The van der Waals surface area contributed by atoms with Gasteiger partial charge in [-0.15, -0.1) is 0 Å². The first-order valence-corrected chi connectivity index (χ1v) is 34.3. The van der Waals surface area contributed by atoms with Crippen LogP contribution in [0.4, 0.5) is 0 Å². The molecule has 0 fully saturated rings. The zero-order chi connectivity index (χ0) is 84.0. The average molecular weight is 1580 g/mol. The van der Waals surface area contributed by atoms with Crippen molar-refractivity contribution in [2.24, 2.45) is 34.6 Å². The zero-order valence-corrected chi connectivity index (χ0v) is 60.7. The summed E-state index contributed by atoms with van der Waals surface area (Å²) in [5.41, 5.74) is 27.4. The van der Waals surface area contributed by atoms with Gasteiger partial charge in [-0.05, 0) is 75.0 Å². The number of nitrogens with two attached hydrogens (primary N) is 5. The largest absolute Gasteiger partial charge is 0.508 e. The molecule has 0 bridgehead atoms. The third kappa shape index (κ3) is 41.6. The second-order valence-corrected chi connectivity index (χ2v) is 24.7. The van der Waals surface area contributed by atoms with E-state index in [0.29, 0.717) is 6.42 Å². The Hall–Kier alpha value is -13.0. The SMILES string of the molecule is CC[C@H](C)[C@H](NC(=O)[C@H](Cc1ccc(O)cc1)NC(=O)[C@H](CC(=O)O)NC(=O)CNC(=O)[C@H](CCCNC(=N)N)NC(=O)[C@H](CC(=O)O)NC(=O)CNC(=O)[C@@H](N)CCCNC(=N)N)C(=O)NCC(=O)N[C@@H](CO)C(=O)N[C@@H](CCCNC(=N)N)C(=O)N[C@@H](CCCNC(=N)N)C(=O)NCC(=O)N[C@@H](CC(=O)O)C(=O)O. The maximum Gasteiger partial charge on any atom is 0.326 e. The first kappa shape index (κ1) is 96.0. The van der Waals surface area contributed by atoms with Gasteiger partial charge in [0.15, 0.2) is 23.8 Å². The van der Waals surface area contributed by atoms with E-state index in [4.69, 9.17) is 55.4 Å². The van der Waals surface area contributed by atoms with Crippen molar-refractivity contribution >= 4 is 125 Å². The Labute approximate surface area is 633 Å². The van der Waals surface area contributed by atoms with Crippen LogP contribution in [0.3, 0.4) is 0 Å². The van der Waals surface area contributed by atoms with Crippen LogP contribution >= 0.6 is 0 Å². The van der Waals surface area contributed by atoms with Crippen LogP contribution in [-0.2, 0) is 87.9 Å². The van der Waals surface area contributed by atoms with Gasteiger partial charge in [0.05, 0.1) is 58.1 Å². The first-order chi connectivity index (χ1) is 52.2. The van der Waals surface area contributed by atoms with E-state index in [1.807, 2.05) is 5.32 Å². The molecule has 37 N–H and O–H groups in total. The summed E-state index contributed by atoms with van der Waals surface area (Å²) in [5, 5.41) is 127. The molecule has 0 radical (unpaired) electrons. The molecule has 11 atom stereocenters. The normalized spacial score (nSPS) is 13.6. The lowest BCUT2D eigenvalue weighted by atomic mass is 9.97. The Bertz CT molecular complexity index is 3460. The summed E-state index contributed by atoms with van der Waals surface area (Å²) in [7, 11) is 0. The minimum atomic E-state index is -2.04. The number of carboxylic acid groups (broad SMARTS) is 4. The Kier molecular flexibility index (Phi) is 44.4. The molecule has 111 heavy (non-hydrogen) atoms. The van der Waals surface area contributed by atoms with E-state index >= 15 is 0 Å². The number of carbonyl (C=O) groups is 17. The number of aliphatic hydroxyl groups excluding tert-OH is 1. The van der Waals surface area contributed by atoms with Gasteiger partial charge in [0, 0.05) is 32.6 Å². The van der Waals surface area contributed by atoms with E-state index in [0.717, 1.165) is 0 Å². The van der Waals surface area contributed by atoms with Crippen LogP contribution in [0.5, 0.6) is 5.75 Å². The molecule has 0 heterocycles. The molecule has 0 unspecified atom stereocenters. The number of carbonyl (C=O) groups excluding carboxylic acids is 13. The molecule has 0 spiro atoms. The van der Waals surface area contributed by atoms with Crippen LogP contribution < -0.4 is 119 Å². The van der Waals surface area contributed by atoms with E-state index in [2.05, 4.69) is 85.1 Å². The number of aliphatic carboxylic acids is 4. The van der Waals surface area contributed by atoms with Gasteiger partial charge in [-0.1, -0.05) is 32.4 Å². The molecule has 1 aromatic rings. The van der Waals surface area contributed by atoms with Crippen molar-refractivity contribution in [3.8, 4) is 5.75 Å². The molecular weight excluding hydrogens is 1480 g/mol. The summed E-state index contributed by atoms with van der Waals surface area (Å²) >= 11 is 0. The van der Waals surface area contributed by atoms with Crippen molar-refractivity contribution < 1.29 is 112 Å². The summed E-state index contributed by atoms with van der Waals surface area (Å²) in [5.74, 6) is -23.9. The number of nitrogens with one attached hydrogen (secondary N) is 21. The van der Waals surface area contributed by atoms with Gasteiger partial charge in [0.25, 0.3) is 0 Å². The van der Waals surface area contributed by atoms with Crippen LogP contribution in [0.2, 0.25) is 0 Å². The predicted octanol–water partition coefficient (Wildman–Crippen LogP) is -12.3. The number of carboxylic acids is 4. The summed E-state index contributed by atoms with van der Waals surface area (Å²) in [6.07, 6.45) is -4.01. The highest BCUT2D eigenvalue weighted by Crippen LogP contribution is 2.15. The molecule has 1 aromatic carbocycles. The molecular formula is C62H102N26O23. The number of aliphatic hydroxyl groups is 1. The number of hydrogen-bond donors (Lipinski definition) is 32. The van der Waals surface area contributed by atoms with Crippen molar-refractivity contribution in [2.75, 3.05) is 59.0 Å². The molecule has 618 valence electrons. The van der Waals surface area contributed by atoms with Gasteiger partial charge < -0.3 is 150 Å². The molecule has 0 saturated carbocycles. The van der Waals surface area contributed by atoms with Gasteiger partial charge in [-0.3, -0.25) is 98.3 Å². The smallest absolute Gasteiger partial charge is 0.326 e. The van der Waals surface area contributed by atoms with Crippen molar-refractivity contribution in [2.45, 2.75) is 158 Å². The summed E-state index contributed by atoms with van der Waals surface area (Å²) in [6, 6.07) is -11.8. The quantitative estimate of drug-likeness (QED) is 0.0164. The molecule has 0 aliphatic rings. The van der Waals surface area contributed by atoms with Crippen LogP contribution in [-0.4, -0.2) is 275 Å². The lowest BCUT2D eigenvalue weighted by molar-refractivity contribution is -0.147. The second kappa shape index (κ2) is 51.3. The monoisotopic (exact) mass is 1580 g/mol. The van der Waals surface area contributed by atoms with Crippen molar-refractivity contribution in [1.29, 1.82) is 21.6 Å². The minimum Gasteiger partial charge on any atom is -0.508 e. The summed E-state index contributed by atoms with van der Waals surface area (Å²) in [6.45, 7) is -1.70. The lowest BCUT2D eigenvalue weighted by Gasteiger charge is -2.28. The molecule has 1 rings (SSSR count). The van der Waals surface area contributed by atoms with Crippen LogP contribution in [0.15, 0.2) is 24.3 Å². The van der Waals surface area contributed by atoms with Gasteiger partial charge in [-0.25, -0.2) is 4.79 Å². The Morgan fingerprint density at radius 2 is 0.685 bits per heavy atom. The number of benzene rings is 1. The average Bonchev–Trinajstić information content (AvgIpc) is 0.854. The van der Waals surface area contributed by atoms with Crippen molar-refractivity contribution in [1.82, 2.24) is 90.4 Å². The fraction of sp³-hybridized carbons (Fsp3) is 0.565. The van der Waals surface area contributed by atoms with Crippen molar-refractivity contribution in [3.63, 3.8) is 0 Å². The number of phenolic OH excluding ortho intramolecular Hbond substituents is 1. The summed E-state index contributed by atoms with van der Waals surface area (Å²) in [4.78, 5) is 223. The fourth-order valence-electron chi connectivity index (χ4n) is 9.67. The molecule has 0 aliphatic heterocycles. The maximum absolute atomic E-state index is 14.4. The van der Waals surface area contributed by atoms with Crippen molar-refractivity contribution in [3.05, 3.63) is 29.8 Å². The number of phenols is 1. The molecule has 49 heteroatoms. The van der Waals surface area contributed by atoms with E-state index in [-0.39, 0.29) is 94.8 Å². The van der Waals surface area contributed by atoms with Crippen LogP contribution in [0, 0.1) is 27.6 Å². The molecule has 0 saturated heterocycles. The van der Waals surface area contributed by atoms with E-state index in [9.17, 15) is 107 Å². The van der Waals surface area contributed by atoms with Gasteiger partial charge in [-0.2, -0.15) is 0 Å². The number of aromatic hydroxyl groups is 1. The Morgan fingerprint density at radius 3 is 1.05 bits per heavy atom. The summed E-state index contributed by atoms with van der Waals surface area (Å²) < 4.78 is 0. The minimum absolute atomic E-state index is 0.0172.